The molecule has 2 fully saturated rings. The first-order chi connectivity index (χ1) is 15.2. The molecule has 4 rings (SSSR count). The number of nitrogens with one attached hydrogen (secondary N) is 1. The van der Waals surface area contributed by atoms with Crippen molar-refractivity contribution < 1.29 is 9.53 Å². The largest absolute Gasteiger partial charge is 0.496 e. The van der Waals surface area contributed by atoms with Crippen LogP contribution in [0, 0.1) is 11.8 Å². The minimum Gasteiger partial charge on any atom is -0.496 e. The van der Waals surface area contributed by atoms with Crippen molar-refractivity contribution in [1.82, 2.24) is 15.2 Å². The first kappa shape index (κ1) is 21.8. The van der Waals surface area contributed by atoms with Crippen LogP contribution in [0.1, 0.15) is 67.0 Å². The van der Waals surface area contributed by atoms with Crippen molar-refractivity contribution in [3.8, 4) is 5.75 Å². The molecule has 1 aliphatic heterocycles. The predicted octanol–water partition coefficient (Wildman–Crippen LogP) is 4.85. The average molecular weight is 422 g/mol. The normalized spacial score (nSPS) is 21.4. The smallest absolute Gasteiger partial charge is 0.255 e. The molecule has 2 aromatic rings. The maximum absolute atomic E-state index is 13.2. The van der Waals surface area contributed by atoms with E-state index in [0.29, 0.717) is 17.2 Å². The Morgan fingerprint density at radius 3 is 2.68 bits per heavy atom. The van der Waals surface area contributed by atoms with Crippen molar-refractivity contribution >= 4 is 5.91 Å². The van der Waals surface area contributed by atoms with E-state index in [9.17, 15) is 4.79 Å². The summed E-state index contributed by atoms with van der Waals surface area (Å²) >= 11 is 0. The van der Waals surface area contributed by atoms with Crippen molar-refractivity contribution in [3.63, 3.8) is 0 Å². The fraction of sp³-hybridized carbons (Fsp3) is 0.538. The van der Waals surface area contributed by atoms with Gasteiger partial charge in [-0.15, -0.1) is 0 Å². The molecule has 1 saturated carbocycles. The van der Waals surface area contributed by atoms with E-state index < -0.39 is 0 Å². The predicted molar refractivity (Wildman–Crippen MR) is 123 cm³/mol. The highest BCUT2D eigenvalue weighted by molar-refractivity contribution is 5.97. The van der Waals surface area contributed by atoms with Crippen LogP contribution < -0.4 is 10.1 Å². The van der Waals surface area contributed by atoms with Gasteiger partial charge in [-0.05, 0) is 68.3 Å². The number of hydrogen-bond acceptors (Lipinski definition) is 4. The van der Waals surface area contributed by atoms with Gasteiger partial charge in [0.1, 0.15) is 5.75 Å². The molecule has 1 aliphatic carbocycles. The summed E-state index contributed by atoms with van der Waals surface area (Å²) in [5.74, 6) is 1.69. The van der Waals surface area contributed by atoms with Crippen molar-refractivity contribution in [1.29, 1.82) is 0 Å². The van der Waals surface area contributed by atoms with E-state index in [2.05, 4.69) is 15.2 Å². The van der Waals surface area contributed by atoms with E-state index in [1.165, 1.54) is 51.6 Å². The van der Waals surface area contributed by atoms with Gasteiger partial charge in [-0.3, -0.25) is 9.78 Å². The number of carbonyl (C=O) groups excluding carboxylic acids is 1. The lowest BCUT2D eigenvalue weighted by atomic mass is 9.85. The fourth-order valence-corrected chi connectivity index (χ4v) is 5.31. The summed E-state index contributed by atoms with van der Waals surface area (Å²) in [6.07, 6.45) is 11.0. The standard InChI is InChI=1S/C26H35N3O2/c1-31-24-15-6-5-13-22(24)26(30)28-25(23-14-7-8-16-27-23)21-12-9-17-29(19-21)18-20-10-3-2-4-11-20/h5-8,13-16,20-21,25H,2-4,9-12,17-19H2,1H3,(H,28,30)/t21-,25+/m0/s1. The van der Waals surface area contributed by atoms with Gasteiger partial charge in [0, 0.05) is 19.3 Å². The van der Waals surface area contributed by atoms with E-state index >= 15 is 0 Å². The van der Waals surface area contributed by atoms with Crippen LogP contribution in [0.15, 0.2) is 48.7 Å². The zero-order valence-electron chi connectivity index (χ0n) is 18.6. The van der Waals surface area contributed by atoms with Gasteiger partial charge < -0.3 is 15.0 Å². The zero-order chi connectivity index (χ0) is 21.5. The van der Waals surface area contributed by atoms with Crippen molar-refractivity contribution in [2.24, 2.45) is 11.8 Å². The molecule has 166 valence electrons. The lowest BCUT2D eigenvalue weighted by Gasteiger charge is -2.39. The molecule has 1 aromatic carbocycles. The molecule has 1 amide bonds. The Bertz CT molecular complexity index is 836. The minimum atomic E-state index is -0.104. The molecule has 0 radical (unpaired) electrons. The zero-order valence-corrected chi connectivity index (χ0v) is 18.6. The van der Waals surface area contributed by atoms with Crippen LogP contribution in [0.4, 0.5) is 0 Å². The van der Waals surface area contributed by atoms with Gasteiger partial charge in [0.25, 0.3) is 5.91 Å². The van der Waals surface area contributed by atoms with Crippen LogP contribution in [0.3, 0.4) is 0 Å². The number of amides is 1. The van der Waals surface area contributed by atoms with E-state index in [4.69, 9.17) is 4.74 Å². The summed E-state index contributed by atoms with van der Waals surface area (Å²) < 4.78 is 5.42. The lowest BCUT2D eigenvalue weighted by Crippen LogP contribution is -2.44. The summed E-state index contributed by atoms with van der Waals surface area (Å²) in [5.41, 5.74) is 1.51. The van der Waals surface area contributed by atoms with Gasteiger partial charge >= 0.3 is 0 Å². The number of ether oxygens (including phenoxy) is 1. The first-order valence-corrected chi connectivity index (χ1v) is 11.8. The van der Waals surface area contributed by atoms with Gasteiger partial charge in [0.15, 0.2) is 0 Å². The molecule has 5 heteroatoms. The number of aromatic nitrogens is 1. The van der Waals surface area contributed by atoms with E-state index in [1.807, 2.05) is 48.7 Å². The van der Waals surface area contributed by atoms with Gasteiger partial charge in [0.05, 0.1) is 24.4 Å². The number of hydrogen-bond donors (Lipinski definition) is 1. The number of para-hydroxylation sites is 1. The Morgan fingerprint density at radius 2 is 1.90 bits per heavy atom. The molecule has 0 unspecified atom stereocenters. The lowest BCUT2D eigenvalue weighted by molar-refractivity contribution is 0.0853. The molecular weight excluding hydrogens is 386 g/mol. The molecule has 2 heterocycles. The molecular formula is C26H35N3O2. The second kappa shape index (κ2) is 10.8. The summed E-state index contributed by atoms with van der Waals surface area (Å²) in [6.45, 7) is 3.39. The summed E-state index contributed by atoms with van der Waals surface area (Å²) in [6, 6.07) is 13.3. The number of benzene rings is 1. The Morgan fingerprint density at radius 1 is 1.10 bits per heavy atom. The molecule has 2 atom stereocenters. The number of likely N-dealkylation sites (tertiary alicyclic amines) is 1. The Balaban J connectivity index is 1.50. The maximum atomic E-state index is 13.2. The van der Waals surface area contributed by atoms with Crippen molar-refractivity contribution in [2.45, 2.75) is 51.0 Å². The van der Waals surface area contributed by atoms with Gasteiger partial charge in [-0.25, -0.2) is 0 Å². The molecule has 1 N–H and O–H groups in total. The van der Waals surface area contributed by atoms with Crippen LogP contribution in [-0.2, 0) is 0 Å². The number of nitrogens with zero attached hydrogens (tertiary/aromatic N) is 2. The Hall–Kier alpha value is -2.40. The van der Waals surface area contributed by atoms with Gasteiger partial charge in [0.2, 0.25) is 0 Å². The summed E-state index contributed by atoms with van der Waals surface area (Å²) in [4.78, 5) is 20.5. The van der Waals surface area contributed by atoms with E-state index in [1.54, 1.807) is 7.11 Å². The van der Waals surface area contributed by atoms with Crippen LogP contribution in [-0.4, -0.2) is 42.5 Å². The number of pyridine rings is 1. The van der Waals surface area contributed by atoms with Crippen LogP contribution in [0.25, 0.3) is 0 Å². The molecule has 0 bridgehead atoms. The van der Waals surface area contributed by atoms with E-state index in [0.717, 1.165) is 24.6 Å². The number of carbonyl (C=O) groups is 1. The van der Waals surface area contributed by atoms with Crippen molar-refractivity contribution in [3.05, 3.63) is 59.9 Å². The fourth-order valence-electron chi connectivity index (χ4n) is 5.31. The molecule has 1 aromatic heterocycles. The topological polar surface area (TPSA) is 54.5 Å². The Kier molecular flexibility index (Phi) is 7.57. The second-order valence-corrected chi connectivity index (χ2v) is 9.07. The number of piperidine rings is 1. The van der Waals surface area contributed by atoms with Gasteiger partial charge in [-0.1, -0.05) is 37.5 Å². The average Bonchev–Trinajstić information content (AvgIpc) is 2.83. The van der Waals surface area contributed by atoms with Gasteiger partial charge in [-0.2, -0.15) is 0 Å². The third-order valence-electron chi connectivity index (χ3n) is 6.90. The molecule has 1 saturated heterocycles. The highest BCUT2D eigenvalue weighted by atomic mass is 16.5. The summed E-state index contributed by atoms with van der Waals surface area (Å²) in [7, 11) is 1.60. The molecule has 0 spiro atoms. The Labute approximate surface area is 186 Å². The maximum Gasteiger partial charge on any atom is 0.255 e. The number of rotatable bonds is 7. The molecule has 31 heavy (non-hydrogen) atoms. The first-order valence-electron chi connectivity index (χ1n) is 11.8. The highest BCUT2D eigenvalue weighted by Crippen LogP contribution is 2.32. The molecule has 5 nitrogen and oxygen atoms in total. The quantitative estimate of drug-likeness (QED) is 0.694. The summed E-state index contributed by atoms with van der Waals surface area (Å²) in [5, 5.41) is 3.31. The monoisotopic (exact) mass is 421 g/mol. The third kappa shape index (κ3) is 5.65. The SMILES string of the molecule is COc1ccccc1C(=O)N[C@@H](c1ccccn1)[C@H]1CCCN(CC2CCCCC2)C1. The molecule has 2 aliphatic rings. The highest BCUT2D eigenvalue weighted by Gasteiger charge is 2.32. The number of methoxy groups -OCH3 is 1. The van der Waals surface area contributed by atoms with Crippen LogP contribution >= 0.6 is 0 Å². The van der Waals surface area contributed by atoms with Crippen LogP contribution in [0.5, 0.6) is 5.75 Å². The van der Waals surface area contributed by atoms with Crippen molar-refractivity contribution in [2.75, 3.05) is 26.7 Å². The van der Waals surface area contributed by atoms with E-state index in [-0.39, 0.29) is 11.9 Å². The second-order valence-electron chi connectivity index (χ2n) is 9.07. The third-order valence-corrected chi connectivity index (χ3v) is 6.90. The minimum absolute atomic E-state index is 0.0995. The van der Waals surface area contributed by atoms with Crippen LogP contribution in [0.2, 0.25) is 0 Å².